The summed E-state index contributed by atoms with van der Waals surface area (Å²) in [5.41, 5.74) is 2.87. The second-order valence-corrected chi connectivity index (χ2v) is 10.8. The zero-order valence-corrected chi connectivity index (χ0v) is 19.9. The number of ether oxygens (including phenoxy) is 1. The van der Waals surface area contributed by atoms with Crippen molar-refractivity contribution >= 4 is 5.91 Å². The summed E-state index contributed by atoms with van der Waals surface area (Å²) in [5, 5.41) is 6.90. The summed E-state index contributed by atoms with van der Waals surface area (Å²) < 4.78 is 5.94. The predicted octanol–water partition coefficient (Wildman–Crippen LogP) is 5.36. The van der Waals surface area contributed by atoms with E-state index >= 15 is 0 Å². The van der Waals surface area contributed by atoms with Gasteiger partial charge in [0.05, 0.1) is 0 Å². The summed E-state index contributed by atoms with van der Waals surface area (Å²) >= 11 is 0. The maximum absolute atomic E-state index is 12.8. The SMILES string of the molecule is CC1(C)CC(NC(=O)c2ccc(COc3cccc(C4CCCC4)n3)cc2)CC(C)(C)N1. The van der Waals surface area contributed by atoms with Crippen molar-refractivity contribution in [1.29, 1.82) is 0 Å². The fraction of sp³-hybridized carbons (Fsp3) is 0.556. The van der Waals surface area contributed by atoms with E-state index in [1.165, 1.54) is 25.7 Å². The monoisotopic (exact) mass is 435 g/mol. The standard InChI is InChI=1S/C27H37N3O2/c1-26(2)16-22(17-27(3,4)30-26)28-25(31)21-14-12-19(13-15-21)18-32-24-11-7-10-23(29-24)20-8-5-6-9-20/h7,10-15,20,22,30H,5-6,8-9,16-18H2,1-4H3,(H,28,31). The van der Waals surface area contributed by atoms with Crippen LogP contribution in [0.5, 0.6) is 5.88 Å². The molecule has 2 aliphatic rings. The molecular weight excluding hydrogens is 398 g/mol. The van der Waals surface area contributed by atoms with Crippen LogP contribution in [0.2, 0.25) is 0 Å². The summed E-state index contributed by atoms with van der Waals surface area (Å²) in [7, 11) is 0. The van der Waals surface area contributed by atoms with Gasteiger partial charge in [0.1, 0.15) is 6.61 Å². The van der Waals surface area contributed by atoms with Gasteiger partial charge in [-0.2, -0.15) is 0 Å². The van der Waals surface area contributed by atoms with Gasteiger partial charge in [-0.1, -0.05) is 31.0 Å². The van der Waals surface area contributed by atoms with Crippen LogP contribution in [0.1, 0.15) is 93.8 Å². The number of nitrogens with zero attached hydrogens (tertiary/aromatic N) is 1. The summed E-state index contributed by atoms with van der Waals surface area (Å²) in [4.78, 5) is 17.5. The van der Waals surface area contributed by atoms with Crippen LogP contribution in [0, 0.1) is 0 Å². The molecule has 1 amide bonds. The number of piperidine rings is 1. The highest BCUT2D eigenvalue weighted by Gasteiger charge is 2.38. The van der Waals surface area contributed by atoms with E-state index in [1.807, 2.05) is 36.4 Å². The first-order valence-electron chi connectivity index (χ1n) is 12.0. The first-order chi connectivity index (χ1) is 15.2. The molecule has 2 aromatic rings. The molecule has 1 saturated heterocycles. The van der Waals surface area contributed by atoms with Gasteiger partial charge in [-0.3, -0.25) is 4.79 Å². The molecule has 0 atom stereocenters. The van der Waals surface area contributed by atoms with Gasteiger partial charge in [0.25, 0.3) is 5.91 Å². The quantitative estimate of drug-likeness (QED) is 0.641. The predicted molar refractivity (Wildman–Crippen MR) is 128 cm³/mol. The van der Waals surface area contributed by atoms with Crippen LogP contribution >= 0.6 is 0 Å². The number of pyridine rings is 1. The summed E-state index contributed by atoms with van der Waals surface area (Å²) in [6.07, 6.45) is 6.88. The van der Waals surface area contributed by atoms with Crippen LogP contribution in [-0.2, 0) is 6.61 Å². The van der Waals surface area contributed by atoms with Gasteiger partial charge in [-0.15, -0.1) is 0 Å². The number of carbonyl (C=O) groups excluding carboxylic acids is 1. The molecule has 5 heteroatoms. The molecular formula is C27H37N3O2. The molecule has 0 spiro atoms. The average Bonchev–Trinajstić information content (AvgIpc) is 3.25. The van der Waals surface area contributed by atoms with Crippen molar-refractivity contribution in [1.82, 2.24) is 15.6 Å². The molecule has 4 rings (SSSR count). The van der Waals surface area contributed by atoms with E-state index in [9.17, 15) is 4.79 Å². The molecule has 1 aliphatic carbocycles. The van der Waals surface area contributed by atoms with Crippen molar-refractivity contribution in [2.45, 2.75) is 95.9 Å². The Hall–Kier alpha value is -2.40. The van der Waals surface area contributed by atoms with Crippen molar-refractivity contribution in [2.75, 3.05) is 0 Å². The number of nitrogens with one attached hydrogen (secondary N) is 2. The van der Waals surface area contributed by atoms with Gasteiger partial charge >= 0.3 is 0 Å². The number of hydrogen-bond acceptors (Lipinski definition) is 4. The Morgan fingerprint density at radius 2 is 1.69 bits per heavy atom. The first-order valence-corrected chi connectivity index (χ1v) is 12.0. The molecule has 32 heavy (non-hydrogen) atoms. The Labute approximate surface area is 192 Å². The van der Waals surface area contributed by atoms with E-state index in [2.05, 4.69) is 44.4 Å². The number of rotatable bonds is 6. The second-order valence-electron chi connectivity index (χ2n) is 10.8. The first kappa shape index (κ1) is 22.8. The van der Waals surface area contributed by atoms with E-state index in [0.717, 1.165) is 24.1 Å². The van der Waals surface area contributed by atoms with Gasteiger partial charge in [-0.05, 0) is 77.1 Å². The molecule has 2 heterocycles. The van der Waals surface area contributed by atoms with Crippen LogP contribution in [0.4, 0.5) is 0 Å². The van der Waals surface area contributed by atoms with Gasteiger partial charge in [0.15, 0.2) is 0 Å². The van der Waals surface area contributed by atoms with Crippen LogP contribution in [0.3, 0.4) is 0 Å². The minimum Gasteiger partial charge on any atom is -0.473 e. The van der Waals surface area contributed by atoms with Crippen molar-refractivity contribution in [3.8, 4) is 5.88 Å². The maximum atomic E-state index is 12.8. The van der Waals surface area contributed by atoms with Crippen molar-refractivity contribution in [2.24, 2.45) is 0 Å². The van der Waals surface area contributed by atoms with Crippen LogP contribution in [0.25, 0.3) is 0 Å². The summed E-state index contributed by atoms with van der Waals surface area (Å²) in [6, 6.07) is 13.9. The van der Waals surface area contributed by atoms with E-state index in [-0.39, 0.29) is 23.0 Å². The molecule has 2 N–H and O–H groups in total. The average molecular weight is 436 g/mol. The van der Waals surface area contributed by atoms with E-state index in [1.54, 1.807) is 0 Å². The largest absolute Gasteiger partial charge is 0.473 e. The number of hydrogen-bond donors (Lipinski definition) is 2. The Kier molecular flexibility index (Phi) is 6.57. The smallest absolute Gasteiger partial charge is 0.251 e. The summed E-state index contributed by atoms with van der Waals surface area (Å²) in [6.45, 7) is 9.22. The van der Waals surface area contributed by atoms with Crippen LogP contribution in [0.15, 0.2) is 42.5 Å². The number of benzene rings is 1. The van der Waals surface area contributed by atoms with Gasteiger partial charge in [0.2, 0.25) is 5.88 Å². The van der Waals surface area contributed by atoms with Gasteiger partial charge in [-0.25, -0.2) is 4.98 Å². The summed E-state index contributed by atoms with van der Waals surface area (Å²) in [5.74, 6) is 1.24. The van der Waals surface area contributed by atoms with E-state index in [0.29, 0.717) is 24.0 Å². The number of carbonyl (C=O) groups is 1. The highest BCUT2D eigenvalue weighted by molar-refractivity contribution is 5.94. The topological polar surface area (TPSA) is 63.2 Å². The third kappa shape index (κ3) is 5.89. The molecule has 0 bridgehead atoms. The third-order valence-corrected chi connectivity index (χ3v) is 6.65. The number of amides is 1. The Morgan fingerprint density at radius 3 is 2.34 bits per heavy atom. The van der Waals surface area contributed by atoms with E-state index in [4.69, 9.17) is 9.72 Å². The lowest BCUT2D eigenvalue weighted by Gasteiger charge is -2.46. The van der Waals surface area contributed by atoms with Crippen LogP contribution in [-0.4, -0.2) is 28.0 Å². The molecule has 1 aromatic heterocycles. The highest BCUT2D eigenvalue weighted by atomic mass is 16.5. The fourth-order valence-corrected chi connectivity index (χ4v) is 5.56. The van der Waals surface area contributed by atoms with Crippen molar-refractivity contribution in [3.05, 3.63) is 59.3 Å². The van der Waals surface area contributed by atoms with Crippen molar-refractivity contribution < 1.29 is 9.53 Å². The molecule has 172 valence electrons. The van der Waals surface area contributed by atoms with Gasteiger partial charge in [0, 0.05) is 40.4 Å². The van der Waals surface area contributed by atoms with Gasteiger partial charge < -0.3 is 15.4 Å². The molecule has 0 radical (unpaired) electrons. The number of aromatic nitrogens is 1. The van der Waals surface area contributed by atoms with Crippen LogP contribution < -0.4 is 15.4 Å². The lowest BCUT2D eigenvalue weighted by Crippen LogP contribution is -2.62. The molecule has 1 aromatic carbocycles. The highest BCUT2D eigenvalue weighted by Crippen LogP contribution is 2.33. The Balaban J connectivity index is 1.32. The zero-order chi connectivity index (χ0) is 22.8. The maximum Gasteiger partial charge on any atom is 0.251 e. The lowest BCUT2D eigenvalue weighted by molar-refractivity contribution is 0.0873. The lowest BCUT2D eigenvalue weighted by atomic mass is 9.79. The molecule has 5 nitrogen and oxygen atoms in total. The molecule has 1 saturated carbocycles. The zero-order valence-electron chi connectivity index (χ0n) is 19.9. The normalized spacial score (nSPS) is 20.8. The minimum atomic E-state index is -0.0121. The third-order valence-electron chi connectivity index (χ3n) is 6.65. The molecule has 2 fully saturated rings. The molecule has 1 aliphatic heterocycles. The second kappa shape index (κ2) is 9.22. The van der Waals surface area contributed by atoms with Crippen molar-refractivity contribution in [3.63, 3.8) is 0 Å². The molecule has 0 unspecified atom stereocenters. The minimum absolute atomic E-state index is 0.00396. The van der Waals surface area contributed by atoms with E-state index < -0.39 is 0 Å². The Morgan fingerprint density at radius 1 is 1.03 bits per heavy atom. The fourth-order valence-electron chi connectivity index (χ4n) is 5.56. The Bertz CT molecular complexity index is 914.